The van der Waals surface area contributed by atoms with E-state index in [0.29, 0.717) is 34.3 Å². The van der Waals surface area contributed by atoms with E-state index < -0.39 is 5.97 Å². The van der Waals surface area contributed by atoms with Crippen molar-refractivity contribution in [3.05, 3.63) is 54.5 Å². The maximum Gasteiger partial charge on any atom is 0.339 e. The van der Waals surface area contributed by atoms with Crippen LogP contribution in [0, 0.1) is 5.92 Å². The van der Waals surface area contributed by atoms with Crippen LogP contribution >= 0.6 is 0 Å². The Labute approximate surface area is 191 Å². The number of anilines is 1. The van der Waals surface area contributed by atoms with Crippen molar-refractivity contribution in [3.8, 4) is 22.8 Å². The molecule has 4 aromatic rings. The van der Waals surface area contributed by atoms with Gasteiger partial charge in [0.1, 0.15) is 11.3 Å². The van der Waals surface area contributed by atoms with Gasteiger partial charge in [-0.05, 0) is 36.1 Å². The van der Waals surface area contributed by atoms with Gasteiger partial charge in [0.2, 0.25) is 0 Å². The quantitative estimate of drug-likeness (QED) is 0.403. The number of rotatable bonds is 8. The molecule has 0 aliphatic carbocycles. The molecule has 170 valence electrons. The predicted molar refractivity (Wildman–Crippen MR) is 126 cm³/mol. The Morgan fingerprint density at radius 1 is 1.12 bits per heavy atom. The van der Waals surface area contributed by atoms with E-state index in [4.69, 9.17) is 9.47 Å². The number of carbonyl (C=O) groups excluding carboxylic acids is 1. The summed E-state index contributed by atoms with van der Waals surface area (Å²) in [6.45, 7) is 5.06. The van der Waals surface area contributed by atoms with E-state index in [2.05, 4.69) is 39.2 Å². The first kappa shape index (κ1) is 22.2. The van der Waals surface area contributed by atoms with Gasteiger partial charge in [-0.2, -0.15) is 10.1 Å². The Hall–Kier alpha value is -4.01. The van der Waals surface area contributed by atoms with Crippen LogP contribution in [0.2, 0.25) is 0 Å². The second-order valence-corrected chi connectivity index (χ2v) is 7.97. The minimum absolute atomic E-state index is 0.320. The van der Waals surface area contributed by atoms with Crippen LogP contribution in [-0.4, -0.2) is 51.5 Å². The zero-order valence-electron chi connectivity index (χ0n) is 19.1. The minimum Gasteiger partial charge on any atom is -0.497 e. The largest absolute Gasteiger partial charge is 0.497 e. The molecule has 0 bridgehead atoms. The fourth-order valence-corrected chi connectivity index (χ4v) is 3.32. The molecule has 0 amide bonds. The van der Waals surface area contributed by atoms with Crippen LogP contribution < -0.4 is 10.1 Å². The molecule has 0 aliphatic heterocycles. The number of nitrogens with zero attached hydrogens (tertiary/aromatic N) is 5. The third kappa shape index (κ3) is 4.92. The second kappa shape index (κ2) is 9.64. The third-order valence-corrected chi connectivity index (χ3v) is 5.15. The first-order valence-electron chi connectivity index (χ1n) is 10.7. The zero-order valence-corrected chi connectivity index (χ0v) is 19.1. The summed E-state index contributed by atoms with van der Waals surface area (Å²) >= 11 is 0. The van der Waals surface area contributed by atoms with Crippen LogP contribution in [-0.2, 0) is 4.74 Å². The van der Waals surface area contributed by atoms with Gasteiger partial charge in [-0.25, -0.2) is 19.4 Å². The fourth-order valence-electron chi connectivity index (χ4n) is 3.32. The lowest BCUT2D eigenvalue weighted by molar-refractivity contribution is 0.0600. The first-order valence-corrected chi connectivity index (χ1v) is 10.7. The van der Waals surface area contributed by atoms with Crippen LogP contribution in [0.3, 0.4) is 0 Å². The van der Waals surface area contributed by atoms with E-state index in [0.717, 1.165) is 29.8 Å². The number of methoxy groups -OCH3 is 2. The van der Waals surface area contributed by atoms with Crippen LogP contribution in [0.5, 0.6) is 5.75 Å². The lowest BCUT2D eigenvalue weighted by Gasteiger charge is -2.11. The average molecular weight is 447 g/mol. The van der Waals surface area contributed by atoms with Gasteiger partial charge in [-0.1, -0.05) is 26.0 Å². The number of hydrogen-bond acceptors (Lipinski definition) is 8. The van der Waals surface area contributed by atoms with Crippen molar-refractivity contribution in [2.24, 2.45) is 5.92 Å². The van der Waals surface area contributed by atoms with Gasteiger partial charge in [0.15, 0.2) is 5.82 Å². The summed E-state index contributed by atoms with van der Waals surface area (Å²) < 4.78 is 11.8. The average Bonchev–Trinajstić information content (AvgIpc) is 3.33. The summed E-state index contributed by atoms with van der Waals surface area (Å²) in [5.74, 6) is 1.79. The summed E-state index contributed by atoms with van der Waals surface area (Å²) in [6, 6.07) is 9.39. The number of fused-ring (bicyclic) bond motifs is 1. The van der Waals surface area contributed by atoms with Crippen molar-refractivity contribution >= 4 is 22.8 Å². The number of pyridine rings is 1. The lowest BCUT2D eigenvalue weighted by atomic mass is 10.1. The minimum atomic E-state index is -0.474. The van der Waals surface area contributed by atoms with E-state index in [9.17, 15) is 4.79 Å². The van der Waals surface area contributed by atoms with Crippen molar-refractivity contribution in [2.45, 2.75) is 20.3 Å². The molecule has 33 heavy (non-hydrogen) atoms. The molecule has 0 atom stereocenters. The Kier molecular flexibility index (Phi) is 6.48. The number of nitrogens with one attached hydrogen (secondary N) is 1. The molecular weight excluding hydrogens is 420 g/mol. The van der Waals surface area contributed by atoms with Gasteiger partial charge in [-0.15, -0.1) is 0 Å². The molecule has 0 fully saturated rings. The van der Waals surface area contributed by atoms with Gasteiger partial charge in [0, 0.05) is 24.5 Å². The molecule has 9 nitrogen and oxygen atoms in total. The fraction of sp³-hybridized carbons (Fsp3) is 0.292. The topological polar surface area (TPSA) is 104 Å². The smallest absolute Gasteiger partial charge is 0.339 e. The maximum absolute atomic E-state index is 12.0. The number of benzene rings is 1. The molecule has 0 unspecified atom stereocenters. The normalized spacial score (nSPS) is 11.1. The van der Waals surface area contributed by atoms with Crippen molar-refractivity contribution in [1.29, 1.82) is 0 Å². The van der Waals surface area contributed by atoms with E-state index in [1.54, 1.807) is 24.1 Å². The maximum atomic E-state index is 12.0. The molecule has 3 aromatic heterocycles. The highest BCUT2D eigenvalue weighted by atomic mass is 16.5. The van der Waals surface area contributed by atoms with Crippen molar-refractivity contribution in [2.75, 3.05) is 26.1 Å². The van der Waals surface area contributed by atoms with E-state index in [1.807, 2.05) is 30.5 Å². The number of hydrogen-bond donors (Lipinski definition) is 1. The molecule has 3 heterocycles. The third-order valence-electron chi connectivity index (χ3n) is 5.15. The van der Waals surface area contributed by atoms with Gasteiger partial charge in [0.05, 0.1) is 31.5 Å². The van der Waals surface area contributed by atoms with E-state index in [-0.39, 0.29) is 0 Å². The first-order chi connectivity index (χ1) is 16.0. The van der Waals surface area contributed by atoms with Gasteiger partial charge in [-0.3, -0.25) is 0 Å². The number of aromatic nitrogens is 5. The van der Waals surface area contributed by atoms with Crippen LogP contribution in [0.15, 0.2) is 48.9 Å². The van der Waals surface area contributed by atoms with Crippen LogP contribution in [0.1, 0.15) is 30.6 Å². The molecule has 0 radical (unpaired) electrons. The molecule has 1 N–H and O–H groups in total. The Morgan fingerprint density at radius 3 is 2.73 bits per heavy atom. The Balaban J connectivity index is 1.76. The molecule has 0 saturated carbocycles. The van der Waals surface area contributed by atoms with Crippen molar-refractivity contribution in [1.82, 2.24) is 24.7 Å². The highest BCUT2D eigenvalue weighted by molar-refractivity contribution is 5.95. The van der Waals surface area contributed by atoms with Crippen LogP contribution in [0.25, 0.3) is 28.1 Å². The molecule has 1 aromatic carbocycles. The molecular formula is C24H26N6O3. The molecule has 0 aliphatic rings. The SMILES string of the molecule is COC(=O)c1cnc2c(NCCC(C)C)nc(-n3cc(-c4cccc(OC)c4)cn3)nc2c1. The van der Waals surface area contributed by atoms with Crippen molar-refractivity contribution < 1.29 is 14.3 Å². The van der Waals surface area contributed by atoms with E-state index >= 15 is 0 Å². The van der Waals surface area contributed by atoms with Crippen molar-refractivity contribution in [3.63, 3.8) is 0 Å². The Morgan fingerprint density at radius 2 is 1.97 bits per heavy atom. The molecule has 0 spiro atoms. The van der Waals surface area contributed by atoms with Gasteiger partial charge >= 0.3 is 5.97 Å². The Bertz CT molecular complexity index is 1280. The highest BCUT2D eigenvalue weighted by Crippen LogP contribution is 2.25. The molecule has 4 rings (SSSR count). The van der Waals surface area contributed by atoms with E-state index in [1.165, 1.54) is 13.3 Å². The zero-order chi connectivity index (χ0) is 23.4. The molecule has 9 heteroatoms. The van der Waals surface area contributed by atoms with Gasteiger partial charge < -0.3 is 14.8 Å². The van der Waals surface area contributed by atoms with Gasteiger partial charge in [0.25, 0.3) is 5.95 Å². The number of esters is 1. The standard InChI is InChI=1S/C24H26N6O3/c1-15(2)8-9-25-22-21-20(11-17(12-26-21)23(31)33-4)28-24(29-22)30-14-18(13-27-30)16-6-5-7-19(10-16)32-3/h5-7,10-15H,8-9H2,1-4H3,(H,25,28,29). The summed E-state index contributed by atoms with van der Waals surface area (Å²) in [4.78, 5) is 25.7. The summed E-state index contributed by atoms with van der Waals surface area (Å²) in [5.41, 5.74) is 3.28. The predicted octanol–water partition coefficient (Wildman–Crippen LogP) is 4.13. The number of ether oxygens (including phenoxy) is 2. The van der Waals surface area contributed by atoms with Crippen LogP contribution in [0.4, 0.5) is 5.82 Å². The molecule has 0 saturated heterocycles. The second-order valence-electron chi connectivity index (χ2n) is 7.97. The summed E-state index contributed by atoms with van der Waals surface area (Å²) in [7, 11) is 2.97. The number of carbonyl (C=O) groups is 1. The summed E-state index contributed by atoms with van der Waals surface area (Å²) in [6.07, 6.45) is 6.05. The summed E-state index contributed by atoms with van der Waals surface area (Å²) in [5, 5.41) is 7.82. The highest BCUT2D eigenvalue weighted by Gasteiger charge is 2.15. The lowest BCUT2D eigenvalue weighted by Crippen LogP contribution is -2.11. The monoisotopic (exact) mass is 446 g/mol.